The summed E-state index contributed by atoms with van der Waals surface area (Å²) in [5.41, 5.74) is 2.03. The van der Waals surface area contributed by atoms with Crippen molar-refractivity contribution in [2.24, 2.45) is 0 Å². The molecule has 0 aliphatic carbocycles. The number of thiazole rings is 1. The van der Waals surface area contributed by atoms with Crippen LogP contribution in [0.1, 0.15) is 28.2 Å². The number of nitrogens with zero attached hydrogens (tertiary/aromatic N) is 3. The summed E-state index contributed by atoms with van der Waals surface area (Å²) >= 11 is 1.47. The van der Waals surface area contributed by atoms with Crippen LogP contribution in [0.25, 0.3) is 4.96 Å². The fraction of sp³-hybridized carbons (Fsp3) is 0.278. The van der Waals surface area contributed by atoms with E-state index in [-0.39, 0.29) is 30.1 Å². The van der Waals surface area contributed by atoms with Crippen molar-refractivity contribution in [1.29, 1.82) is 0 Å². The van der Waals surface area contributed by atoms with Gasteiger partial charge in [-0.2, -0.15) is 0 Å². The van der Waals surface area contributed by atoms with Gasteiger partial charge in [-0.25, -0.2) is 9.37 Å². The van der Waals surface area contributed by atoms with E-state index in [1.807, 2.05) is 11.6 Å². The highest BCUT2D eigenvalue weighted by Gasteiger charge is 2.31. The number of benzene rings is 1. The number of carbonyl (C=O) groups excluding carboxylic acids is 2. The number of hydrogen-bond donors (Lipinski definition) is 1. The van der Waals surface area contributed by atoms with Gasteiger partial charge in [-0.1, -0.05) is 12.1 Å². The standard InChI is InChI=1S/C18H17FN4O2S/c1-11-16(23-6-7-26-18(23)20-11)17(25)21-14-8-15(24)22(10-14)9-12-2-4-13(19)5-3-12/h2-7,14H,8-10H2,1H3,(H,21,25)/t14-/m1/s1. The van der Waals surface area contributed by atoms with Gasteiger partial charge in [0.1, 0.15) is 11.5 Å². The third kappa shape index (κ3) is 3.08. The second kappa shape index (κ2) is 6.53. The van der Waals surface area contributed by atoms with Gasteiger partial charge in [-0.05, 0) is 24.6 Å². The number of imidazole rings is 1. The first-order chi connectivity index (χ1) is 12.5. The average molecular weight is 372 g/mol. The number of hydrogen-bond acceptors (Lipinski definition) is 4. The van der Waals surface area contributed by atoms with E-state index < -0.39 is 0 Å². The molecular formula is C18H17FN4O2S. The van der Waals surface area contributed by atoms with E-state index in [0.717, 1.165) is 10.5 Å². The molecule has 1 aliphatic rings. The van der Waals surface area contributed by atoms with Crippen molar-refractivity contribution in [3.63, 3.8) is 0 Å². The number of fused-ring (bicyclic) bond motifs is 1. The molecule has 1 fully saturated rings. The summed E-state index contributed by atoms with van der Waals surface area (Å²) in [5, 5.41) is 4.82. The number of aryl methyl sites for hydroxylation is 1. The summed E-state index contributed by atoms with van der Waals surface area (Å²) in [5.74, 6) is -0.553. The molecule has 1 N–H and O–H groups in total. The Morgan fingerprint density at radius 2 is 2.15 bits per heavy atom. The van der Waals surface area contributed by atoms with Gasteiger partial charge in [0.05, 0.1) is 11.7 Å². The molecule has 2 amide bonds. The van der Waals surface area contributed by atoms with Crippen LogP contribution in [-0.2, 0) is 11.3 Å². The van der Waals surface area contributed by atoms with Gasteiger partial charge in [0.2, 0.25) is 5.91 Å². The molecule has 6 nitrogen and oxygen atoms in total. The molecule has 1 atom stereocenters. The summed E-state index contributed by atoms with van der Waals surface area (Å²) in [4.78, 5) is 31.7. The van der Waals surface area contributed by atoms with Crippen molar-refractivity contribution >= 4 is 28.1 Å². The third-order valence-corrected chi connectivity index (χ3v) is 5.24. The quantitative estimate of drug-likeness (QED) is 0.765. The van der Waals surface area contributed by atoms with Crippen molar-refractivity contribution in [2.75, 3.05) is 6.54 Å². The second-order valence-electron chi connectivity index (χ2n) is 6.38. The first kappa shape index (κ1) is 16.7. The topological polar surface area (TPSA) is 66.7 Å². The molecular weight excluding hydrogens is 355 g/mol. The Bertz CT molecular complexity index is 979. The van der Waals surface area contributed by atoms with Crippen LogP contribution >= 0.6 is 11.3 Å². The van der Waals surface area contributed by atoms with Crippen LogP contribution in [0.15, 0.2) is 35.8 Å². The van der Waals surface area contributed by atoms with E-state index in [0.29, 0.717) is 24.5 Å². The van der Waals surface area contributed by atoms with E-state index in [1.54, 1.807) is 28.4 Å². The number of amides is 2. The van der Waals surface area contributed by atoms with Gasteiger partial charge in [0.15, 0.2) is 4.96 Å². The summed E-state index contributed by atoms with van der Waals surface area (Å²) in [6.45, 7) is 2.65. The summed E-state index contributed by atoms with van der Waals surface area (Å²) in [7, 11) is 0. The lowest BCUT2D eigenvalue weighted by molar-refractivity contribution is -0.128. The number of likely N-dealkylation sites (tertiary alicyclic amines) is 1. The highest BCUT2D eigenvalue weighted by molar-refractivity contribution is 7.15. The molecule has 0 unspecified atom stereocenters. The van der Waals surface area contributed by atoms with E-state index in [2.05, 4.69) is 10.3 Å². The van der Waals surface area contributed by atoms with E-state index >= 15 is 0 Å². The van der Waals surface area contributed by atoms with Crippen LogP contribution in [0.4, 0.5) is 4.39 Å². The van der Waals surface area contributed by atoms with E-state index in [9.17, 15) is 14.0 Å². The maximum Gasteiger partial charge on any atom is 0.270 e. The SMILES string of the molecule is Cc1nc2sccn2c1C(=O)N[C@@H]1CC(=O)N(Cc2ccc(F)cc2)C1. The van der Waals surface area contributed by atoms with Gasteiger partial charge in [0.25, 0.3) is 5.91 Å². The Kier molecular flexibility index (Phi) is 4.20. The lowest BCUT2D eigenvalue weighted by Crippen LogP contribution is -2.37. The molecule has 3 heterocycles. The highest BCUT2D eigenvalue weighted by Crippen LogP contribution is 2.19. The maximum atomic E-state index is 13.0. The van der Waals surface area contributed by atoms with Crippen molar-refractivity contribution < 1.29 is 14.0 Å². The van der Waals surface area contributed by atoms with Gasteiger partial charge in [0, 0.05) is 31.1 Å². The average Bonchev–Trinajstić information content (AvgIpc) is 3.24. The van der Waals surface area contributed by atoms with Crippen LogP contribution < -0.4 is 5.32 Å². The van der Waals surface area contributed by atoms with Crippen LogP contribution in [0.5, 0.6) is 0 Å². The molecule has 0 radical (unpaired) electrons. The van der Waals surface area contributed by atoms with Gasteiger partial charge < -0.3 is 10.2 Å². The molecule has 1 aliphatic heterocycles. The Morgan fingerprint density at radius 1 is 1.38 bits per heavy atom. The summed E-state index contributed by atoms with van der Waals surface area (Å²) in [6, 6.07) is 5.83. The zero-order chi connectivity index (χ0) is 18.3. The molecule has 2 aromatic heterocycles. The zero-order valence-corrected chi connectivity index (χ0v) is 14.9. The first-order valence-corrected chi connectivity index (χ1v) is 9.14. The fourth-order valence-electron chi connectivity index (χ4n) is 3.25. The minimum absolute atomic E-state index is 0.0229. The smallest absolute Gasteiger partial charge is 0.270 e. The first-order valence-electron chi connectivity index (χ1n) is 8.26. The number of aromatic nitrogens is 2. The Balaban J connectivity index is 1.44. The minimum Gasteiger partial charge on any atom is -0.346 e. The molecule has 0 spiro atoms. The lowest BCUT2D eigenvalue weighted by atomic mass is 10.2. The Labute approximate surface area is 153 Å². The lowest BCUT2D eigenvalue weighted by Gasteiger charge is -2.17. The molecule has 1 saturated heterocycles. The normalized spacial score (nSPS) is 17.2. The maximum absolute atomic E-state index is 13.0. The number of rotatable bonds is 4. The van der Waals surface area contributed by atoms with Crippen LogP contribution in [0.2, 0.25) is 0 Å². The summed E-state index contributed by atoms with van der Waals surface area (Å²) < 4.78 is 14.8. The predicted molar refractivity (Wildman–Crippen MR) is 95.5 cm³/mol. The molecule has 134 valence electrons. The number of carbonyl (C=O) groups is 2. The van der Waals surface area contributed by atoms with Crippen molar-refractivity contribution in [1.82, 2.24) is 19.6 Å². The molecule has 3 aromatic rings. The molecule has 1 aromatic carbocycles. The number of halogens is 1. The van der Waals surface area contributed by atoms with Gasteiger partial charge >= 0.3 is 0 Å². The Morgan fingerprint density at radius 3 is 2.92 bits per heavy atom. The molecule has 0 bridgehead atoms. The third-order valence-electron chi connectivity index (χ3n) is 4.49. The molecule has 8 heteroatoms. The van der Waals surface area contributed by atoms with Gasteiger partial charge in [-0.15, -0.1) is 11.3 Å². The van der Waals surface area contributed by atoms with Crippen LogP contribution in [0, 0.1) is 12.7 Å². The predicted octanol–water partition coefficient (Wildman–Crippen LogP) is 2.37. The van der Waals surface area contributed by atoms with Crippen molar-refractivity contribution in [3.05, 3.63) is 58.6 Å². The second-order valence-corrected chi connectivity index (χ2v) is 7.25. The van der Waals surface area contributed by atoms with E-state index in [1.165, 1.54) is 23.5 Å². The minimum atomic E-state index is -0.303. The van der Waals surface area contributed by atoms with Crippen LogP contribution in [0.3, 0.4) is 0 Å². The molecule has 0 saturated carbocycles. The van der Waals surface area contributed by atoms with Crippen molar-refractivity contribution in [2.45, 2.75) is 25.9 Å². The van der Waals surface area contributed by atoms with Gasteiger partial charge in [-0.3, -0.25) is 14.0 Å². The summed E-state index contributed by atoms with van der Waals surface area (Å²) in [6.07, 6.45) is 2.08. The van der Waals surface area contributed by atoms with E-state index in [4.69, 9.17) is 0 Å². The highest BCUT2D eigenvalue weighted by atomic mass is 32.1. The van der Waals surface area contributed by atoms with Crippen LogP contribution in [-0.4, -0.2) is 38.7 Å². The molecule has 4 rings (SSSR count). The number of nitrogens with one attached hydrogen (secondary N) is 1. The fourth-order valence-corrected chi connectivity index (χ4v) is 4.01. The molecule has 26 heavy (non-hydrogen) atoms. The monoisotopic (exact) mass is 372 g/mol. The largest absolute Gasteiger partial charge is 0.346 e. The Hall–Kier alpha value is -2.74. The zero-order valence-electron chi connectivity index (χ0n) is 14.1. The van der Waals surface area contributed by atoms with Crippen molar-refractivity contribution in [3.8, 4) is 0 Å².